The van der Waals surface area contributed by atoms with Crippen molar-refractivity contribution in [3.05, 3.63) is 42.7 Å². The molecule has 7 nitrogen and oxygen atoms in total. The van der Waals surface area contributed by atoms with E-state index < -0.39 is 12.7 Å². The third-order valence-corrected chi connectivity index (χ3v) is 4.47. The molecule has 1 aromatic carbocycles. The fraction of sp³-hybridized carbons (Fsp3) is 0.316. The number of nitrogens with zero attached hydrogens (tertiary/aromatic N) is 3. The number of ether oxygens (including phenoxy) is 2. The number of nitrogens with one attached hydrogen (secondary N) is 1. The lowest BCUT2D eigenvalue weighted by molar-refractivity contribution is -0.141. The van der Waals surface area contributed by atoms with Crippen LogP contribution in [0.4, 0.5) is 19.0 Å². The maximum absolute atomic E-state index is 13.0. The Hall–Kier alpha value is -3.14. The van der Waals surface area contributed by atoms with Crippen LogP contribution in [-0.2, 0) is 16.1 Å². The monoisotopic (exact) mass is 406 g/mol. The maximum atomic E-state index is 13.0. The second-order valence-corrected chi connectivity index (χ2v) is 6.61. The number of carbonyl (C=O) groups is 1. The van der Waals surface area contributed by atoms with Crippen molar-refractivity contribution in [2.24, 2.45) is 5.92 Å². The molecule has 29 heavy (non-hydrogen) atoms. The summed E-state index contributed by atoms with van der Waals surface area (Å²) < 4.78 is 50.9. The van der Waals surface area contributed by atoms with Gasteiger partial charge in [0.2, 0.25) is 5.91 Å². The first kappa shape index (κ1) is 19.2. The highest BCUT2D eigenvalue weighted by molar-refractivity contribution is 6.03. The molecule has 0 saturated carbocycles. The lowest BCUT2D eigenvalue weighted by atomic mass is 10.1. The van der Waals surface area contributed by atoms with Crippen molar-refractivity contribution in [1.82, 2.24) is 14.8 Å². The summed E-state index contributed by atoms with van der Waals surface area (Å²) in [6, 6.07) is 8.01. The zero-order valence-corrected chi connectivity index (χ0v) is 15.1. The number of anilines is 1. The number of benzene rings is 1. The standard InChI is InChI=1S/C19H17F3N4O3/c20-19(21,22)11-26-14-4-1-5-15(29-13-3-2-7-23-9-13)16(14)17(25-26)24-18(27)12-6-8-28-10-12/h1-5,7,9,12H,6,8,10-11H2,(H,24,25,27)/t12-/m0/s1. The zero-order chi connectivity index (χ0) is 20.4. The van der Waals surface area contributed by atoms with E-state index in [1.165, 1.54) is 12.3 Å². The van der Waals surface area contributed by atoms with Gasteiger partial charge in [-0.1, -0.05) is 6.07 Å². The van der Waals surface area contributed by atoms with E-state index >= 15 is 0 Å². The number of pyridine rings is 1. The molecule has 10 heteroatoms. The smallest absolute Gasteiger partial charge is 0.408 e. The molecule has 1 aliphatic heterocycles. The number of hydrogen-bond acceptors (Lipinski definition) is 5. The predicted molar refractivity (Wildman–Crippen MR) is 97.7 cm³/mol. The van der Waals surface area contributed by atoms with Crippen molar-refractivity contribution in [3.8, 4) is 11.5 Å². The number of aromatic nitrogens is 3. The highest BCUT2D eigenvalue weighted by Crippen LogP contribution is 2.36. The van der Waals surface area contributed by atoms with E-state index in [4.69, 9.17) is 9.47 Å². The van der Waals surface area contributed by atoms with Gasteiger partial charge in [0.25, 0.3) is 0 Å². The fourth-order valence-corrected chi connectivity index (χ4v) is 3.15. The van der Waals surface area contributed by atoms with Gasteiger partial charge >= 0.3 is 6.18 Å². The van der Waals surface area contributed by atoms with Crippen molar-refractivity contribution in [1.29, 1.82) is 0 Å². The van der Waals surface area contributed by atoms with Gasteiger partial charge in [-0.2, -0.15) is 18.3 Å². The Morgan fingerprint density at radius 2 is 2.17 bits per heavy atom. The molecule has 3 aromatic rings. The number of alkyl halides is 3. The minimum absolute atomic E-state index is 0.0145. The van der Waals surface area contributed by atoms with Gasteiger partial charge in [0.1, 0.15) is 18.0 Å². The van der Waals surface area contributed by atoms with Gasteiger partial charge in [0, 0.05) is 12.8 Å². The molecule has 4 rings (SSSR count). The van der Waals surface area contributed by atoms with Crippen LogP contribution in [0.1, 0.15) is 6.42 Å². The number of hydrogen-bond donors (Lipinski definition) is 1. The maximum Gasteiger partial charge on any atom is 0.408 e. The van der Waals surface area contributed by atoms with Crippen molar-refractivity contribution >= 4 is 22.6 Å². The summed E-state index contributed by atoms with van der Waals surface area (Å²) >= 11 is 0. The molecule has 0 spiro atoms. The minimum Gasteiger partial charge on any atom is -0.455 e. The quantitative estimate of drug-likeness (QED) is 0.698. The average molecular weight is 406 g/mol. The zero-order valence-electron chi connectivity index (χ0n) is 15.1. The third kappa shape index (κ3) is 4.32. The predicted octanol–water partition coefficient (Wildman–Crippen LogP) is 3.76. The summed E-state index contributed by atoms with van der Waals surface area (Å²) in [6.45, 7) is -0.551. The van der Waals surface area contributed by atoms with Gasteiger partial charge in [0.05, 0.1) is 29.6 Å². The Labute approximate surface area is 163 Å². The molecule has 0 bridgehead atoms. The van der Waals surface area contributed by atoms with Crippen LogP contribution in [0.25, 0.3) is 10.9 Å². The first-order chi connectivity index (χ1) is 13.9. The van der Waals surface area contributed by atoms with Gasteiger partial charge in [-0.25, -0.2) is 0 Å². The van der Waals surface area contributed by atoms with Gasteiger partial charge in [-0.15, -0.1) is 0 Å². The fourth-order valence-electron chi connectivity index (χ4n) is 3.15. The summed E-state index contributed by atoms with van der Waals surface area (Å²) in [5.41, 5.74) is 0.196. The summed E-state index contributed by atoms with van der Waals surface area (Å²) in [7, 11) is 0. The van der Waals surface area contributed by atoms with E-state index in [0.717, 1.165) is 4.68 Å². The number of carbonyl (C=O) groups excluding carboxylic acids is 1. The SMILES string of the molecule is O=C(Nc1nn(CC(F)(F)F)c2cccc(Oc3cccnc3)c12)[C@H]1CCOC1. The Morgan fingerprint density at radius 1 is 1.31 bits per heavy atom. The first-order valence-corrected chi connectivity index (χ1v) is 8.93. The van der Waals surface area contributed by atoms with E-state index in [0.29, 0.717) is 18.8 Å². The molecule has 0 unspecified atom stereocenters. The topological polar surface area (TPSA) is 78.3 Å². The highest BCUT2D eigenvalue weighted by Gasteiger charge is 2.31. The van der Waals surface area contributed by atoms with Crippen LogP contribution in [0, 0.1) is 5.92 Å². The Balaban J connectivity index is 1.75. The molecule has 0 radical (unpaired) electrons. The minimum atomic E-state index is -4.47. The normalized spacial score (nSPS) is 16.9. The van der Waals surface area contributed by atoms with Gasteiger partial charge < -0.3 is 14.8 Å². The molecule has 1 saturated heterocycles. The molecular formula is C19H17F3N4O3. The van der Waals surface area contributed by atoms with Gasteiger partial charge in [-0.3, -0.25) is 14.5 Å². The molecule has 2 aromatic heterocycles. The summed E-state index contributed by atoms with van der Waals surface area (Å²) in [4.78, 5) is 16.5. The van der Waals surface area contributed by atoms with Crippen molar-refractivity contribution in [3.63, 3.8) is 0 Å². The molecule has 1 amide bonds. The van der Waals surface area contributed by atoms with Crippen molar-refractivity contribution in [2.75, 3.05) is 18.5 Å². The molecule has 1 atom stereocenters. The second kappa shape index (κ2) is 7.70. The molecule has 3 heterocycles. The van der Waals surface area contributed by atoms with Crippen LogP contribution < -0.4 is 10.1 Å². The summed E-state index contributed by atoms with van der Waals surface area (Å²) in [5.74, 6) is -0.0333. The Morgan fingerprint density at radius 3 is 2.86 bits per heavy atom. The molecule has 1 aliphatic rings. The van der Waals surface area contributed by atoms with Crippen LogP contribution in [0.15, 0.2) is 42.7 Å². The third-order valence-electron chi connectivity index (χ3n) is 4.47. The van der Waals surface area contributed by atoms with Gasteiger partial charge in [0.15, 0.2) is 5.82 Å². The van der Waals surface area contributed by atoms with Crippen molar-refractivity contribution in [2.45, 2.75) is 19.1 Å². The van der Waals surface area contributed by atoms with Crippen LogP contribution in [0.5, 0.6) is 11.5 Å². The van der Waals surface area contributed by atoms with E-state index in [2.05, 4.69) is 15.4 Å². The first-order valence-electron chi connectivity index (χ1n) is 8.93. The van der Waals surface area contributed by atoms with Crippen LogP contribution in [0.2, 0.25) is 0 Å². The van der Waals surface area contributed by atoms with Crippen LogP contribution in [0.3, 0.4) is 0 Å². The Kier molecular flexibility index (Phi) is 5.10. The molecule has 1 fully saturated rings. The van der Waals surface area contributed by atoms with E-state index in [1.54, 1.807) is 30.5 Å². The van der Waals surface area contributed by atoms with Crippen LogP contribution in [-0.4, -0.2) is 40.1 Å². The molecule has 152 valence electrons. The average Bonchev–Trinajstić information content (AvgIpc) is 3.31. The highest BCUT2D eigenvalue weighted by atomic mass is 19.4. The lowest BCUT2D eigenvalue weighted by Gasteiger charge is -2.10. The molecular weight excluding hydrogens is 389 g/mol. The van der Waals surface area contributed by atoms with E-state index in [-0.39, 0.29) is 40.9 Å². The lowest BCUT2D eigenvalue weighted by Crippen LogP contribution is -2.23. The number of rotatable bonds is 5. The van der Waals surface area contributed by atoms with E-state index in [9.17, 15) is 18.0 Å². The summed E-state index contributed by atoms with van der Waals surface area (Å²) in [5, 5.41) is 6.95. The summed E-state index contributed by atoms with van der Waals surface area (Å²) in [6.07, 6.45) is -0.872. The van der Waals surface area contributed by atoms with Gasteiger partial charge in [-0.05, 0) is 30.7 Å². The number of fused-ring (bicyclic) bond motifs is 1. The number of halogens is 3. The Bertz CT molecular complexity index is 1010. The second-order valence-electron chi connectivity index (χ2n) is 6.61. The largest absolute Gasteiger partial charge is 0.455 e. The van der Waals surface area contributed by atoms with Crippen LogP contribution >= 0.6 is 0 Å². The number of amides is 1. The van der Waals surface area contributed by atoms with Crippen molar-refractivity contribution < 1.29 is 27.4 Å². The van der Waals surface area contributed by atoms with E-state index in [1.807, 2.05) is 0 Å². The molecule has 0 aliphatic carbocycles. The molecule has 1 N–H and O–H groups in total.